The second-order valence-corrected chi connectivity index (χ2v) is 6.78. The molecule has 2 amide bonds. The van der Waals surface area contributed by atoms with Gasteiger partial charge in [0.1, 0.15) is 17.4 Å². The van der Waals surface area contributed by atoms with Gasteiger partial charge < -0.3 is 14.6 Å². The molecule has 1 fully saturated rings. The highest BCUT2D eigenvalue weighted by Gasteiger charge is 2.34. The SMILES string of the molecule is Cc1ccccc1N1C(=O)/C(=C/c2ccc(O[C@@H](C)C(=O)[O-])cc2)C(=O)NC1=S. The number of hydrogen-bond donors (Lipinski definition) is 1. The molecule has 0 spiro atoms. The molecule has 3 rings (SSSR count). The smallest absolute Gasteiger partial charge is 0.270 e. The van der Waals surface area contributed by atoms with Gasteiger partial charge in [-0.05, 0) is 61.5 Å². The Kier molecular flexibility index (Phi) is 5.74. The monoisotopic (exact) mass is 409 g/mol. The normalized spacial score (nSPS) is 16.6. The summed E-state index contributed by atoms with van der Waals surface area (Å²) in [4.78, 5) is 37.4. The van der Waals surface area contributed by atoms with Gasteiger partial charge in [0.2, 0.25) is 0 Å². The number of hydrogen-bond acceptors (Lipinski definition) is 6. The fourth-order valence-corrected chi connectivity index (χ4v) is 3.03. The third kappa shape index (κ3) is 4.33. The maximum absolute atomic E-state index is 13.0. The number of carbonyl (C=O) groups excluding carboxylic acids is 3. The van der Waals surface area contributed by atoms with Gasteiger partial charge in [0.05, 0.1) is 11.7 Å². The number of amides is 2. The van der Waals surface area contributed by atoms with E-state index in [0.29, 0.717) is 17.0 Å². The number of nitrogens with one attached hydrogen (secondary N) is 1. The Morgan fingerprint density at radius 1 is 1.17 bits per heavy atom. The molecule has 2 aromatic rings. The molecule has 0 unspecified atom stereocenters. The van der Waals surface area contributed by atoms with Gasteiger partial charge in [-0.15, -0.1) is 0 Å². The maximum Gasteiger partial charge on any atom is 0.270 e. The minimum atomic E-state index is -1.33. The molecule has 1 aliphatic heterocycles. The molecule has 1 atom stereocenters. The lowest BCUT2D eigenvalue weighted by Crippen LogP contribution is -2.54. The van der Waals surface area contributed by atoms with Crippen LogP contribution >= 0.6 is 12.2 Å². The van der Waals surface area contributed by atoms with Crippen LogP contribution in [0.4, 0.5) is 5.69 Å². The Morgan fingerprint density at radius 2 is 1.83 bits per heavy atom. The number of aliphatic carboxylic acids is 1. The van der Waals surface area contributed by atoms with Gasteiger partial charge in [-0.2, -0.15) is 0 Å². The number of anilines is 1. The predicted octanol–water partition coefficient (Wildman–Crippen LogP) is 1.34. The Bertz CT molecular complexity index is 1030. The molecule has 7 nitrogen and oxygen atoms in total. The van der Waals surface area contributed by atoms with Crippen molar-refractivity contribution >= 4 is 46.9 Å². The number of aryl methyl sites for hydroxylation is 1. The summed E-state index contributed by atoms with van der Waals surface area (Å²) in [5.41, 5.74) is 1.92. The highest BCUT2D eigenvalue weighted by Crippen LogP contribution is 2.25. The first-order chi connectivity index (χ1) is 13.8. The Balaban J connectivity index is 1.89. The lowest BCUT2D eigenvalue weighted by atomic mass is 10.1. The molecular formula is C21H17N2O5S-. The molecule has 29 heavy (non-hydrogen) atoms. The Hall–Kier alpha value is -3.52. The summed E-state index contributed by atoms with van der Waals surface area (Å²) in [6.07, 6.45) is 0.338. The zero-order valence-electron chi connectivity index (χ0n) is 15.7. The fourth-order valence-electron chi connectivity index (χ4n) is 2.75. The number of carbonyl (C=O) groups is 3. The molecule has 0 aromatic heterocycles. The zero-order chi connectivity index (χ0) is 21.1. The molecule has 1 aliphatic rings. The summed E-state index contributed by atoms with van der Waals surface area (Å²) in [5.74, 6) is -2.12. The fraction of sp³-hybridized carbons (Fsp3) is 0.143. The third-order valence-electron chi connectivity index (χ3n) is 4.29. The molecule has 148 valence electrons. The minimum Gasteiger partial charge on any atom is -0.546 e. The van der Waals surface area contributed by atoms with E-state index in [0.717, 1.165) is 5.56 Å². The number of nitrogens with zero attached hydrogens (tertiary/aromatic N) is 1. The van der Waals surface area contributed by atoms with Crippen LogP contribution in [0.5, 0.6) is 5.75 Å². The molecule has 0 bridgehead atoms. The van der Waals surface area contributed by atoms with Crippen LogP contribution < -0.4 is 20.1 Å². The zero-order valence-corrected chi connectivity index (χ0v) is 16.5. The van der Waals surface area contributed by atoms with Crippen LogP contribution in [-0.2, 0) is 14.4 Å². The quantitative estimate of drug-likeness (QED) is 0.455. The molecule has 0 aliphatic carbocycles. The number of para-hydroxylation sites is 1. The van der Waals surface area contributed by atoms with Gasteiger partial charge in [0.15, 0.2) is 5.11 Å². The summed E-state index contributed by atoms with van der Waals surface area (Å²) in [5, 5.41) is 13.3. The number of benzene rings is 2. The van der Waals surface area contributed by atoms with Crippen molar-refractivity contribution in [1.29, 1.82) is 0 Å². The Labute approximate surface area is 172 Å². The van der Waals surface area contributed by atoms with Crippen LogP contribution in [0.2, 0.25) is 0 Å². The van der Waals surface area contributed by atoms with Crippen molar-refractivity contribution in [3.63, 3.8) is 0 Å². The minimum absolute atomic E-state index is 0.0199. The molecule has 1 heterocycles. The molecular weight excluding hydrogens is 392 g/mol. The number of ether oxygens (including phenoxy) is 1. The predicted molar refractivity (Wildman–Crippen MR) is 109 cm³/mol. The Morgan fingerprint density at radius 3 is 2.45 bits per heavy atom. The topological polar surface area (TPSA) is 98.8 Å². The van der Waals surface area contributed by atoms with Crippen LogP contribution in [0, 0.1) is 6.92 Å². The van der Waals surface area contributed by atoms with E-state index in [-0.39, 0.29) is 10.7 Å². The number of carboxylic acids is 1. The lowest BCUT2D eigenvalue weighted by molar-refractivity contribution is -0.312. The average Bonchev–Trinajstić information content (AvgIpc) is 2.67. The third-order valence-corrected chi connectivity index (χ3v) is 4.58. The van der Waals surface area contributed by atoms with Gasteiger partial charge in [-0.1, -0.05) is 30.3 Å². The van der Waals surface area contributed by atoms with Crippen LogP contribution in [-0.4, -0.2) is 29.0 Å². The van der Waals surface area contributed by atoms with E-state index in [2.05, 4.69) is 5.32 Å². The van der Waals surface area contributed by atoms with Crippen molar-refractivity contribution in [2.24, 2.45) is 0 Å². The van der Waals surface area contributed by atoms with E-state index >= 15 is 0 Å². The first kappa shape index (κ1) is 20.2. The number of rotatable bonds is 5. The average molecular weight is 409 g/mol. The van der Waals surface area contributed by atoms with E-state index in [1.165, 1.54) is 17.9 Å². The van der Waals surface area contributed by atoms with Crippen molar-refractivity contribution in [1.82, 2.24) is 5.32 Å². The van der Waals surface area contributed by atoms with Crippen molar-refractivity contribution in [2.75, 3.05) is 4.90 Å². The number of carboxylic acid groups (broad SMARTS) is 1. The van der Waals surface area contributed by atoms with Crippen molar-refractivity contribution < 1.29 is 24.2 Å². The van der Waals surface area contributed by atoms with Crippen molar-refractivity contribution in [3.8, 4) is 5.75 Å². The van der Waals surface area contributed by atoms with Crippen molar-refractivity contribution in [3.05, 3.63) is 65.2 Å². The van der Waals surface area contributed by atoms with Crippen LogP contribution in [0.1, 0.15) is 18.1 Å². The van der Waals surface area contributed by atoms with Gasteiger partial charge in [-0.25, -0.2) is 0 Å². The molecule has 0 radical (unpaired) electrons. The largest absolute Gasteiger partial charge is 0.546 e. The van der Waals surface area contributed by atoms with E-state index < -0.39 is 23.9 Å². The lowest BCUT2D eigenvalue weighted by Gasteiger charge is -2.30. The van der Waals surface area contributed by atoms with Crippen molar-refractivity contribution in [2.45, 2.75) is 20.0 Å². The van der Waals surface area contributed by atoms with Crippen LogP contribution in [0.25, 0.3) is 6.08 Å². The second kappa shape index (κ2) is 8.24. The van der Waals surface area contributed by atoms with Gasteiger partial charge in [0.25, 0.3) is 11.8 Å². The summed E-state index contributed by atoms with van der Waals surface area (Å²) in [6, 6.07) is 13.5. The molecule has 0 saturated carbocycles. The van der Waals surface area contributed by atoms with Gasteiger partial charge >= 0.3 is 0 Å². The van der Waals surface area contributed by atoms with Crippen LogP contribution in [0.3, 0.4) is 0 Å². The van der Waals surface area contributed by atoms with Gasteiger partial charge in [0, 0.05) is 0 Å². The summed E-state index contributed by atoms with van der Waals surface area (Å²) >= 11 is 5.19. The standard InChI is InChI=1S/C21H18N2O5S/c1-12-5-3-4-6-17(12)23-19(25)16(18(24)22-21(23)29)11-14-7-9-15(10-8-14)28-13(2)20(26)27/h3-11,13H,1-2H3,(H,26,27)(H,22,24,29)/p-1/b16-11+/t13-/m0/s1. The van der Waals surface area contributed by atoms with Gasteiger partial charge in [-0.3, -0.25) is 19.8 Å². The molecule has 8 heteroatoms. The van der Waals surface area contributed by atoms with Crippen LogP contribution in [0.15, 0.2) is 54.1 Å². The number of thiocarbonyl (C=S) groups is 1. The molecule has 1 N–H and O–H groups in total. The summed E-state index contributed by atoms with van der Waals surface area (Å²) in [7, 11) is 0. The van der Waals surface area contributed by atoms with E-state index in [4.69, 9.17) is 17.0 Å². The molecule has 2 aromatic carbocycles. The second-order valence-electron chi connectivity index (χ2n) is 6.39. The first-order valence-corrected chi connectivity index (χ1v) is 9.13. The maximum atomic E-state index is 13.0. The van der Waals surface area contributed by atoms with E-state index in [1.54, 1.807) is 36.4 Å². The highest BCUT2D eigenvalue weighted by atomic mass is 32.1. The summed E-state index contributed by atoms with van der Waals surface area (Å²) in [6.45, 7) is 3.21. The summed E-state index contributed by atoms with van der Waals surface area (Å²) < 4.78 is 5.21. The molecule has 1 saturated heterocycles. The first-order valence-electron chi connectivity index (χ1n) is 8.72. The highest BCUT2D eigenvalue weighted by molar-refractivity contribution is 7.80. The van der Waals surface area contributed by atoms with E-state index in [1.807, 2.05) is 19.1 Å². The van der Waals surface area contributed by atoms with E-state index in [9.17, 15) is 19.5 Å².